The minimum Gasteiger partial charge on any atom is -0.488 e. The zero-order valence-electron chi connectivity index (χ0n) is 82.5. The maximum atomic E-state index is 13.5. The number of ether oxygens (including phenoxy) is 1. The lowest BCUT2D eigenvalue weighted by Gasteiger charge is -2.32. The Morgan fingerprint density at radius 3 is 1.36 bits per heavy atom. The highest BCUT2D eigenvalue weighted by molar-refractivity contribution is 6.03. The molecule has 0 amide bonds. The van der Waals surface area contributed by atoms with Crippen molar-refractivity contribution in [3.63, 3.8) is 0 Å². The molecule has 39 heteroatoms. The number of pyridine rings is 7. The molecule has 14 aromatic heterocycles. The highest BCUT2D eigenvalue weighted by atomic mass is 16.5. The van der Waals surface area contributed by atoms with Crippen LogP contribution in [0.2, 0.25) is 0 Å². The summed E-state index contributed by atoms with van der Waals surface area (Å²) in [4.78, 5) is 177. The van der Waals surface area contributed by atoms with Crippen LogP contribution in [0.3, 0.4) is 0 Å². The summed E-state index contributed by atoms with van der Waals surface area (Å²) in [5.74, 6) is 4.37. The lowest BCUT2D eigenvalue weighted by Crippen LogP contribution is -2.46. The van der Waals surface area contributed by atoms with Gasteiger partial charge in [-0.1, -0.05) is 63.5 Å². The number of hydrogen-bond acceptors (Lipinski definition) is 33. The summed E-state index contributed by atoms with van der Waals surface area (Å²) in [6.45, 7) is 28.3. The van der Waals surface area contributed by atoms with Gasteiger partial charge in [0.05, 0.1) is 57.4 Å². The van der Waals surface area contributed by atoms with Crippen LogP contribution in [-0.2, 0) is 13.0 Å². The van der Waals surface area contributed by atoms with Crippen LogP contribution in [0.25, 0.3) is 66.4 Å². The van der Waals surface area contributed by atoms with Crippen molar-refractivity contribution >= 4 is 148 Å². The summed E-state index contributed by atoms with van der Waals surface area (Å²) in [7, 11) is 2.13. The van der Waals surface area contributed by atoms with Crippen molar-refractivity contribution in [1.29, 1.82) is 0 Å². The van der Waals surface area contributed by atoms with Crippen molar-refractivity contribution in [2.24, 2.45) is 0 Å². The Morgan fingerprint density at radius 2 is 0.888 bits per heavy atom. The molecule has 5 aliphatic heterocycles. The first kappa shape index (κ1) is 96.1. The number of likely N-dealkylation sites (N-methyl/N-ethyl adjacent to an activating group) is 1. The molecule has 14 aromatic rings. The summed E-state index contributed by atoms with van der Waals surface area (Å²) >= 11 is 0. The number of anilines is 10. The minimum absolute atomic E-state index is 0.0262. The molecule has 0 radical (unpaired) electrons. The van der Waals surface area contributed by atoms with E-state index in [-0.39, 0.29) is 91.8 Å². The van der Waals surface area contributed by atoms with E-state index < -0.39 is 0 Å². The van der Waals surface area contributed by atoms with Gasteiger partial charge in [0.2, 0.25) is 29.7 Å². The first-order chi connectivity index (χ1) is 69.4. The number of aryl methyl sites for hydroxylation is 4. The fourth-order valence-electron chi connectivity index (χ4n) is 22.2. The number of carbonyl (C=O) groups is 4. The SMILES string of the molecule is CC(=O)c1c(C)c2cnc(Nc3ccc4[nH]cc(C5=CCN(C)CC5)c4n3)nc2n(C2CCCC2)c1=O.CC(=O)c1c(C)c2cnc(Nc3ccc4c(n3)CN(CCN3CCNCC3)CC4)nc2n(C2CCCC2)c1=O.CC(=O)c1c(C)c2cnc(Nc3ccc4c(n3)NCCO4)nc2n(C2CCCC2)c1=O.CC(=O)c1c(C)c2cnc(Nc3ncc(N4CCNCC4)c4nccn34)nc2n(C2CCCC2)c1=O. The largest absolute Gasteiger partial charge is 0.488 e. The van der Waals surface area contributed by atoms with E-state index in [1.807, 2.05) is 54.2 Å². The second-order valence-electron chi connectivity index (χ2n) is 39.0. The monoisotopic (exact) mass is 1940 g/mol. The van der Waals surface area contributed by atoms with E-state index in [1.165, 1.54) is 38.8 Å². The van der Waals surface area contributed by atoms with Crippen LogP contribution in [0, 0.1) is 27.7 Å². The summed E-state index contributed by atoms with van der Waals surface area (Å²) < 4.78 is 14.3. The van der Waals surface area contributed by atoms with Gasteiger partial charge in [-0.25, -0.2) is 44.9 Å². The number of Topliss-reactive ketones (excluding diaryl/α,β-unsaturated/α-hetero) is 4. The molecule has 4 aliphatic carbocycles. The van der Waals surface area contributed by atoms with Crippen molar-refractivity contribution in [1.82, 2.24) is 118 Å². The van der Waals surface area contributed by atoms with Gasteiger partial charge in [-0.2, -0.15) is 19.9 Å². The summed E-state index contributed by atoms with van der Waals surface area (Å²) in [5, 5.41) is 25.8. The number of H-pyrrole nitrogens is 1. The van der Waals surface area contributed by atoms with Gasteiger partial charge in [-0.15, -0.1) is 0 Å². The molecule has 143 heavy (non-hydrogen) atoms. The number of carbonyl (C=O) groups excluding carboxylic acids is 4. The van der Waals surface area contributed by atoms with Gasteiger partial charge in [0.25, 0.3) is 22.2 Å². The maximum absolute atomic E-state index is 13.5. The van der Waals surface area contributed by atoms with Gasteiger partial charge < -0.3 is 51.4 Å². The molecule has 6 fully saturated rings. The second kappa shape index (κ2) is 41.6. The normalized spacial score (nSPS) is 17.2. The highest BCUT2D eigenvalue weighted by Gasteiger charge is 2.34. The van der Waals surface area contributed by atoms with Gasteiger partial charge in [-0.05, 0) is 190 Å². The molecule has 0 spiro atoms. The third-order valence-corrected chi connectivity index (χ3v) is 29.7. The van der Waals surface area contributed by atoms with Crippen molar-refractivity contribution in [2.45, 2.75) is 202 Å². The zero-order valence-corrected chi connectivity index (χ0v) is 82.5. The molecule has 8 N–H and O–H groups in total. The number of aromatic amines is 1. The van der Waals surface area contributed by atoms with E-state index >= 15 is 0 Å². The molecule has 0 aromatic carbocycles. The molecule has 0 bridgehead atoms. The molecule has 39 nitrogen and oxygen atoms in total. The lowest BCUT2D eigenvalue weighted by atomic mass is 10.0. The number of piperazine rings is 2. The molecule has 2 saturated heterocycles. The molecule has 4 saturated carbocycles. The van der Waals surface area contributed by atoms with Crippen LogP contribution in [0.4, 0.5) is 58.7 Å². The lowest BCUT2D eigenvalue weighted by molar-refractivity contribution is 0.100. The number of imidazole rings is 1. The predicted octanol–water partition coefficient (Wildman–Crippen LogP) is 13.5. The van der Waals surface area contributed by atoms with Crippen molar-refractivity contribution < 1.29 is 23.9 Å². The molecule has 9 aliphatic rings. The van der Waals surface area contributed by atoms with Crippen LogP contribution < -0.4 is 69.1 Å². The van der Waals surface area contributed by atoms with Crippen LogP contribution in [-0.4, -0.2) is 236 Å². The molecule has 23 rings (SSSR count). The van der Waals surface area contributed by atoms with E-state index in [2.05, 4.69) is 121 Å². The Labute approximate surface area is 824 Å². The molecule has 19 heterocycles. The van der Waals surface area contributed by atoms with Crippen LogP contribution in [0.1, 0.15) is 242 Å². The van der Waals surface area contributed by atoms with Crippen molar-refractivity contribution in [3.8, 4) is 5.75 Å². The third-order valence-electron chi connectivity index (χ3n) is 29.7. The zero-order chi connectivity index (χ0) is 99.0. The Kier molecular flexibility index (Phi) is 28.0. The van der Waals surface area contributed by atoms with Gasteiger partial charge in [0, 0.05) is 186 Å². The number of ketones is 4. The number of rotatable bonds is 21. The van der Waals surface area contributed by atoms with Crippen molar-refractivity contribution in [2.75, 3.05) is 137 Å². The van der Waals surface area contributed by atoms with Crippen molar-refractivity contribution in [3.05, 3.63) is 195 Å². The quantitative estimate of drug-likeness (QED) is 0.0310. The van der Waals surface area contributed by atoms with Crippen LogP contribution in [0.5, 0.6) is 5.75 Å². The third kappa shape index (κ3) is 19.7. The number of nitrogens with zero attached hydrogens (tertiary/aromatic N) is 22. The number of fused-ring (bicyclic) bond motifs is 8. The van der Waals surface area contributed by atoms with E-state index in [0.717, 1.165) is 257 Å². The molecular formula is C104H122N30O9. The van der Waals surface area contributed by atoms with Gasteiger partial charge in [0.15, 0.2) is 40.3 Å². The van der Waals surface area contributed by atoms with Gasteiger partial charge in [0.1, 0.15) is 46.6 Å². The number of hydrogen-bond donors (Lipinski definition) is 8. The first-order valence-corrected chi connectivity index (χ1v) is 50.4. The fraction of sp³-hybridized carbons (Fsp3) is 0.452. The first-order valence-electron chi connectivity index (χ1n) is 50.4. The molecule has 0 unspecified atom stereocenters. The Hall–Kier alpha value is -14.4. The van der Waals surface area contributed by atoms with Crippen LogP contribution >= 0.6 is 0 Å². The standard InChI is InChI=1S/C29H38N8O2.C28H31N7O2.C25H29N9O2.C22H24N6O3/c1-19-23-17-31-29(34-27(23)37(22-5-3-4-6-22)28(39)26(19)20(2)38)33-25-8-7-21-9-12-36(18-24(21)32-25)16-15-35-13-10-30-11-14-35;1-16-20-14-30-28(33-26(20)35(19-6-4-5-7-19)27(37)24(16)17(2)36)32-23-9-8-22-25(31-23)21(15-29-22)18-10-12-34(3)13-11-18;1-15-18-13-28-24(30-21(18)34(17-5-3-4-6-17)23(36)20(15)16(2)35)31-25-29-14-19(22-27-9-12-33(22)25)32-10-7-26-8-11-32;1-12-15-11-24-22(26-17-8-7-16-19(25-17)23-9-10-31-16)27-20(15)28(14-5-3-4-6-14)21(30)18(12)13(2)29/h7-8,17,22,30H,3-6,9-16,18H2,1-2H3,(H,31,32,33,34);8-10,14-15,19,29H,4-7,11-13H2,1-3H3,(H,30,31,32,33);9,12-14,17,26H,3-8,10-11H2,1-2H3,(H,28,29,30,31);7-8,11,14H,3-6,9-10H2,1-2H3,(H2,23,24,25,26,27). The summed E-state index contributed by atoms with van der Waals surface area (Å²) in [5.41, 5.74) is 13.2. The predicted molar refractivity (Wildman–Crippen MR) is 552 cm³/mol. The minimum atomic E-state index is -0.264. The van der Waals surface area contributed by atoms with E-state index in [0.29, 0.717) is 122 Å². The van der Waals surface area contributed by atoms with E-state index in [1.54, 1.807) is 76.1 Å². The average molecular weight is 1940 g/mol. The number of nitrogens with one attached hydrogen (secondary N) is 8. The molecule has 0 atom stereocenters. The Balaban J connectivity index is 0.000000117. The average Bonchev–Trinajstić information content (AvgIpc) is 1.68. The molecular weight excluding hydrogens is 1810 g/mol. The Bertz CT molecular complexity index is 7610. The van der Waals surface area contributed by atoms with Gasteiger partial charge in [-0.3, -0.25) is 76.1 Å². The Morgan fingerprint density at radius 1 is 0.448 bits per heavy atom. The highest BCUT2D eigenvalue weighted by Crippen LogP contribution is 2.40. The smallest absolute Gasteiger partial charge is 0.263 e. The van der Waals surface area contributed by atoms with Gasteiger partial charge >= 0.3 is 0 Å². The second-order valence-corrected chi connectivity index (χ2v) is 39.0. The van der Waals surface area contributed by atoms with E-state index in [9.17, 15) is 38.4 Å². The number of aromatic nitrogens is 19. The summed E-state index contributed by atoms with van der Waals surface area (Å²) in [6, 6.07) is 11.8. The molecule has 742 valence electrons. The maximum Gasteiger partial charge on any atom is 0.263 e. The fourth-order valence-corrected chi connectivity index (χ4v) is 22.2. The topological polar surface area (TPSA) is 450 Å². The van der Waals surface area contributed by atoms with E-state index in [4.69, 9.17) is 29.7 Å². The summed E-state index contributed by atoms with van der Waals surface area (Å²) in [6.07, 6.45) is 34.3. The van der Waals surface area contributed by atoms with Crippen LogP contribution in [0.15, 0.2) is 111 Å².